The third-order valence-electron chi connectivity index (χ3n) is 3.83. The van der Waals surface area contributed by atoms with E-state index >= 15 is 0 Å². The van der Waals surface area contributed by atoms with Crippen molar-refractivity contribution >= 4 is 11.9 Å². The number of carbonyl (C=O) groups is 2. The zero-order valence-corrected chi connectivity index (χ0v) is 15.0. The number of aliphatic carboxylic acids is 1. The SMILES string of the molecule is COc1cccc(CNC(=O)CCC(=O)O)c1OCc1ccc(C)cc1. The molecule has 138 valence electrons. The second-order valence-electron chi connectivity index (χ2n) is 5.89. The number of carbonyl (C=O) groups excluding carboxylic acids is 1. The number of hydrogen-bond acceptors (Lipinski definition) is 4. The first-order valence-electron chi connectivity index (χ1n) is 8.32. The van der Waals surface area contributed by atoms with Crippen LogP contribution in [0, 0.1) is 6.92 Å². The van der Waals surface area contributed by atoms with Gasteiger partial charge < -0.3 is 19.9 Å². The van der Waals surface area contributed by atoms with Crippen LogP contribution < -0.4 is 14.8 Å². The quantitative estimate of drug-likeness (QED) is 0.720. The third-order valence-corrected chi connectivity index (χ3v) is 3.83. The summed E-state index contributed by atoms with van der Waals surface area (Å²) in [6, 6.07) is 13.5. The minimum atomic E-state index is -0.997. The number of amides is 1. The fraction of sp³-hybridized carbons (Fsp3) is 0.300. The largest absolute Gasteiger partial charge is 0.493 e. The summed E-state index contributed by atoms with van der Waals surface area (Å²) < 4.78 is 11.3. The molecule has 2 aromatic carbocycles. The van der Waals surface area contributed by atoms with Crippen LogP contribution in [0.4, 0.5) is 0 Å². The summed E-state index contributed by atoms with van der Waals surface area (Å²) in [7, 11) is 1.56. The van der Waals surface area contributed by atoms with Crippen LogP contribution >= 0.6 is 0 Å². The molecule has 0 saturated carbocycles. The Morgan fingerprint density at radius 1 is 1.08 bits per heavy atom. The maximum atomic E-state index is 11.8. The predicted molar refractivity (Wildman–Crippen MR) is 97.2 cm³/mol. The van der Waals surface area contributed by atoms with Gasteiger partial charge in [-0.1, -0.05) is 42.0 Å². The zero-order valence-electron chi connectivity index (χ0n) is 15.0. The maximum Gasteiger partial charge on any atom is 0.303 e. The average Bonchev–Trinajstić information content (AvgIpc) is 2.64. The fourth-order valence-electron chi connectivity index (χ4n) is 2.37. The number of benzene rings is 2. The van der Waals surface area contributed by atoms with Gasteiger partial charge in [-0.2, -0.15) is 0 Å². The molecule has 0 heterocycles. The summed E-state index contributed by atoms with van der Waals surface area (Å²) in [5.41, 5.74) is 2.97. The van der Waals surface area contributed by atoms with Crippen LogP contribution in [0.3, 0.4) is 0 Å². The van der Waals surface area contributed by atoms with E-state index in [2.05, 4.69) is 5.32 Å². The Labute approximate surface area is 152 Å². The normalized spacial score (nSPS) is 10.2. The number of hydrogen-bond donors (Lipinski definition) is 2. The number of aryl methyl sites for hydroxylation is 1. The molecule has 0 unspecified atom stereocenters. The molecule has 0 radical (unpaired) electrons. The molecule has 0 aliphatic heterocycles. The first kappa shape index (κ1) is 19.3. The zero-order chi connectivity index (χ0) is 18.9. The smallest absolute Gasteiger partial charge is 0.303 e. The lowest BCUT2D eigenvalue weighted by molar-refractivity contribution is -0.138. The molecule has 2 N–H and O–H groups in total. The van der Waals surface area contributed by atoms with E-state index in [-0.39, 0.29) is 25.3 Å². The Kier molecular flexibility index (Phi) is 7.02. The highest BCUT2D eigenvalue weighted by Crippen LogP contribution is 2.31. The van der Waals surface area contributed by atoms with Crippen LogP contribution in [0.5, 0.6) is 11.5 Å². The van der Waals surface area contributed by atoms with Gasteiger partial charge in [0.05, 0.1) is 13.5 Å². The number of ether oxygens (including phenoxy) is 2. The van der Waals surface area contributed by atoms with E-state index in [0.29, 0.717) is 18.1 Å². The first-order valence-corrected chi connectivity index (χ1v) is 8.32. The highest BCUT2D eigenvalue weighted by Gasteiger charge is 2.12. The topological polar surface area (TPSA) is 84.9 Å². The number of methoxy groups -OCH3 is 1. The van der Waals surface area contributed by atoms with Gasteiger partial charge >= 0.3 is 5.97 Å². The van der Waals surface area contributed by atoms with E-state index < -0.39 is 5.97 Å². The molecule has 2 rings (SSSR count). The van der Waals surface area contributed by atoms with Gasteiger partial charge in [0.2, 0.25) is 5.91 Å². The number of carboxylic acids is 1. The molecule has 0 atom stereocenters. The minimum absolute atomic E-state index is 0.0567. The standard InChI is InChI=1S/C20H23NO5/c1-14-6-8-15(9-7-14)13-26-20-16(4-3-5-17(20)25-2)12-21-18(22)10-11-19(23)24/h3-9H,10-13H2,1-2H3,(H,21,22)(H,23,24). The van der Waals surface area contributed by atoms with E-state index in [0.717, 1.165) is 11.1 Å². The third kappa shape index (κ3) is 5.81. The molecular weight excluding hydrogens is 334 g/mol. The summed E-state index contributed by atoms with van der Waals surface area (Å²) in [5, 5.41) is 11.4. The van der Waals surface area contributed by atoms with Crippen molar-refractivity contribution in [3.63, 3.8) is 0 Å². The summed E-state index contributed by atoms with van der Waals surface area (Å²) >= 11 is 0. The number of carboxylic acid groups (broad SMARTS) is 1. The molecule has 6 heteroatoms. The van der Waals surface area contributed by atoms with E-state index in [1.165, 1.54) is 5.56 Å². The van der Waals surface area contributed by atoms with Gasteiger partial charge in [-0.3, -0.25) is 9.59 Å². The van der Waals surface area contributed by atoms with Crippen LogP contribution in [-0.2, 0) is 22.7 Å². The molecule has 26 heavy (non-hydrogen) atoms. The summed E-state index contributed by atoms with van der Waals surface area (Å²) in [6.07, 6.45) is -0.250. The van der Waals surface area contributed by atoms with Crippen LogP contribution in [0.2, 0.25) is 0 Å². The Hall–Kier alpha value is -3.02. The van der Waals surface area contributed by atoms with Crippen molar-refractivity contribution < 1.29 is 24.2 Å². The van der Waals surface area contributed by atoms with Gasteiger partial charge in [0.15, 0.2) is 11.5 Å². The van der Waals surface area contributed by atoms with E-state index in [1.54, 1.807) is 13.2 Å². The number of rotatable bonds is 9. The van der Waals surface area contributed by atoms with E-state index in [1.807, 2.05) is 43.3 Å². The van der Waals surface area contributed by atoms with Crippen molar-refractivity contribution in [2.75, 3.05) is 7.11 Å². The predicted octanol–water partition coefficient (Wildman–Crippen LogP) is 3.06. The van der Waals surface area contributed by atoms with Crippen LogP contribution in [0.25, 0.3) is 0 Å². The van der Waals surface area contributed by atoms with Gasteiger partial charge in [-0.25, -0.2) is 0 Å². The molecule has 0 fully saturated rings. The molecule has 0 aliphatic rings. The summed E-state index contributed by atoms with van der Waals surface area (Å²) in [6.45, 7) is 2.63. The molecule has 0 spiro atoms. The molecule has 0 bridgehead atoms. The van der Waals surface area contributed by atoms with E-state index in [4.69, 9.17) is 14.6 Å². The Bertz CT molecular complexity index is 755. The average molecular weight is 357 g/mol. The van der Waals surface area contributed by atoms with Crippen LogP contribution in [0.15, 0.2) is 42.5 Å². The Balaban J connectivity index is 2.05. The molecule has 2 aromatic rings. The highest BCUT2D eigenvalue weighted by atomic mass is 16.5. The van der Waals surface area contributed by atoms with E-state index in [9.17, 15) is 9.59 Å². The first-order chi connectivity index (χ1) is 12.5. The molecule has 0 saturated heterocycles. The molecule has 0 aliphatic carbocycles. The van der Waals surface area contributed by atoms with Crippen LogP contribution in [-0.4, -0.2) is 24.1 Å². The molecule has 0 aromatic heterocycles. The fourth-order valence-corrected chi connectivity index (χ4v) is 2.37. The summed E-state index contributed by atoms with van der Waals surface area (Å²) in [4.78, 5) is 22.3. The van der Waals surface area contributed by atoms with Gasteiger partial charge in [0, 0.05) is 18.5 Å². The maximum absolute atomic E-state index is 11.8. The highest BCUT2D eigenvalue weighted by molar-refractivity contribution is 5.80. The van der Waals surface area contributed by atoms with Gasteiger partial charge in [-0.15, -0.1) is 0 Å². The second-order valence-corrected chi connectivity index (χ2v) is 5.89. The van der Waals surface area contributed by atoms with Crippen molar-refractivity contribution in [3.8, 4) is 11.5 Å². The van der Waals surface area contributed by atoms with Gasteiger partial charge in [-0.05, 0) is 18.6 Å². The number of para-hydroxylation sites is 1. The van der Waals surface area contributed by atoms with Crippen molar-refractivity contribution in [1.29, 1.82) is 0 Å². The van der Waals surface area contributed by atoms with Crippen molar-refractivity contribution in [1.82, 2.24) is 5.32 Å². The lowest BCUT2D eigenvalue weighted by atomic mass is 10.1. The van der Waals surface area contributed by atoms with Gasteiger partial charge in [0.25, 0.3) is 0 Å². The minimum Gasteiger partial charge on any atom is -0.493 e. The Morgan fingerprint density at radius 2 is 1.81 bits per heavy atom. The van der Waals surface area contributed by atoms with Crippen molar-refractivity contribution in [3.05, 3.63) is 59.2 Å². The Morgan fingerprint density at radius 3 is 2.46 bits per heavy atom. The van der Waals surface area contributed by atoms with Crippen LogP contribution in [0.1, 0.15) is 29.5 Å². The molecular formula is C20H23NO5. The monoisotopic (exact) mass is 357 g/mol. The van der Waals surface area contributed by atoms with Gasteiger partial charge in [0.1, 0.15) is 6.61 Å². The van der Waals surface area contributed by atoms with Crippen molar-refractivity contribution in [2.45, 2.75) is 32.9 Å². The lowest BCUT2D eigenvalue weighted by Gasteiger charge is -2.16. The molecule has 1 amide bonds. The second kappa shape index (κ2) is 9.46. The van der Waals surface area contributed by atoms with Crippen molar-refractivity contribution in [2.24, 2.45) is 0 Å². The molecule has 6 nitrogen and oxygen atoms in total. The number of nitrogens with one attached hydrogen (secondary N) is 1. The lowest BCUT2D eigenvalue weighted by Crippen LogP contribution is -2.23. The summed E-state index contributed by atoms with van der Waals surface area (Å²) in [5.74, 6) is -0.174.